The van der Waals surface area contributed by atoms with Gasteiger partial charge in [0, 0.05) is 23.5 Å². The van der Waals surface area contributed by atoms with Gasteiger partial charge in [0.2, 0.25) is 0 Å². The number of benzene rings is 1. The van der Waals surface area contributed by atoms with Crippen LogP contribution in [0.5, 0.6) is 0 Å². The van der Waals surface area contributed by atoms with Crippen molar-refractivity contribution in [2.24, 2.45) is 0 Å². The van der Waals surface area contributed by atoms with E-state index in [1.54, 1.807) is 32.9 Å². The fraction of sp³-hybridized carbons (Fsp3) is 0.294. The van der Waals surface area contributed by atoms with Gasteiger partial charge in [-0.3, -0.25) is 10.1 Å². The highest BCUT2D eigenvalue weighted by molar-refractivity contribution is 5.93. The number of nitro benzene ring substituents is 1. The molecule has 2 rings (SSSR count). The first-order valence-electron chi connectivity index (χ1n) is 7.40. The number of esters is 1. The maximum atomic E-state index is 12.4. The fourth-order valence-corrected chi connectivity index (χ4v) is 2.74. The summed E-state index contributed by atoms with van der Waals surface area (Å²) >= 11 is 0. The van der Waals surface area contributed by atoms with Crippen molar-refractivity contribution < 1.29 is 14.5 Å². The van der Waals surface area contributed by atoms with Crippen LogP contribution < -0.4 is 5.32 Å². The molecule has 124 valence electrons. The second-order valence-electron chi connectivity index (χ2n) is 5.32. The highest BCUT2D eigenvalue weighted by Crippen LogP contribution is 2.38. The molecular weight excluding hydrogens is 310 g/mol. The standard InChI is InChI=1S/C17H17N3O4/c1-4-24-17(21)15-11(3)19-10(2)14(9-18)16(15)12-5-7-13(8-6-12)20(22)23/h5-8,16,19H,4H2,1-3H3. The number of dihydropyridines is 1. The number of carbonyl (C=O) groups excluding carboxylic acids is 1. The number of hydrogen-bond acceptors (Lipinski definition) is 6. The maximum Gasteiger partial charge on any atom is 0.336 e. The molecule has 0 aliphatic carbocycles. The lowest BCUT2D eigenvalue weighted by atomic mass is 9.81. The van der Waals surface area contributed by atoms with Crippen molar-refractivity contribution in [3.8, 4) is 6.07 Å². The van der Waals surface area contributed by atoms with E-state index in [-0.39, 0.29) is 12.3 Å². The predicted octanol–water partition coefficient (Wildman–Crippen LogP) is 2.92. The lowest BCUT2D eigenvalue weighted by molar-refractivity contribution is -0.384. The Morgan fingerprint density at radius 3 is 2.46 bits per heavy atom. The molecule has 1 atom stereocenters. The Morgan fingerprint density at radius 1 is 1.33 bits per heavy atom. The first-order chi connectivity index (χ1) is 11.4. The molecule has 7 nitrogen and oxygen atoms in total. The van der Waals surface area contributed by atoms with Gasteiger partial charge in [0.1, 0.15) is 0 Å². The van der Waals surface area contributed by atoms with Gasteiger partial charge in [-0.2, -0.15) is 5.26 Å². The van der Waals surface area contributed by atoms with Crippen molar-refractivity contribution in [3.63, 3.8) is 0 Å². The van der Waals surface area contributed by atoms with E-state index < -0.39 is 16.8 Å². The number of nitriles is 1. The number of carbonyl (C=O) groups is 1. The van der Waals surface area contributed by atoms with Crippen LogP contribution in [-0.4, -0.2) is 17.5 Å². The molecule has 1 aromatic carbocycles. The van der Waals surface area contributed by atoms with Crippen LogP contribution in [0.4, 0.5) is 5.69 Å². The summed E-state index contributed by atoms with van der Waals surface area (Å²) in [6, 6.07) is 7.97. The van der Waals surface area contributed by atoms with Crippen LogP contribution >= 0.6 is 0 Å². The van der Waals surface area contributed by atoms with Crippen molar-refractivity contribution >= 4 is 11.7 Å². The molecule has 1 aliphatic heterocycles. The molecule has 1 aliphatic rings. The van der Waals surface area contributed by atoms with E-state index in [1.165, 1.54) is 12.1 Å². The summed E-state index contributed by atoms with van der Waals surface area (Å²) in [7, 11) is 0. The third-order valence-corrected chi connectivity index (χ3v) is 3.81. The molecule has 1 aromatic rings. The second kappa shape index (κ2) is 6.96. The Balaban J connectivity index is 2.57. The Hall–Kier alpha value is -3.14. The first-order valence-corrected chi connectivity index (χ1v) is 7.40. The highest BCUT2D eigenvalue weighted by atomic mass is 16.6. The Bertz CT molecular complexity index is 785. The molecule has 0 bridgehead atoms. The summed E-state index contributed by atoms with van der Waals surface area (Å²) in [4.78, 5) is 22.7. The van der Waals surface area contributed by atoms with Crippen LogP contribution in [0.25, 0.3) is 0 Å². The fourth-order valence-electron chi connectivity index (χ4n) is 2.74. The van der Waals surface area contributed by atoms with Gasteiger partial charge >= 0.3 is 5.97 Å². The van der Waals surface area contributed by atoms with Gasteiger partial charge < -0.3 is 10.1 Å². The van der Waals surface area contributed by atoms with Crippen LogP contribution in [0.3, 0.4) is 0 Å². The first kappa shape index (κ1) is 17.2. The second-order valence-corrected chi connectivity index (χ2v) is 5.32. The molecular formula is C17H17N3O4. The summed E-state index contributed by atoms with van der Waals surface area (Å²) < 4.78 is 5.12. The topological polar surface area (TPSA) is 105 Å². The number of allylic oxidation sites excluding steroid dienone is 3. The van der Waals surface area contributed by atoms with Gasteiger partial charge in [-0.25, -0.2) is 4.79 Å². The predicted molar refractivity (Wildman–Crippen MR) is 86.6 cm³/mol. The molecule has 24 heavy (non-hydrogen) atoms. The largest absolute Gasteiger partial charge is 0.463 e. The van der Waals surface area contributed by atoms with E-state index in [9.17, 15) is 20.2 Å². The molecule has 1 unspecified atom stereocenters. The molecule has 0 spiro atoms. The van der Waals surface area contributed by atoms with E-state index in [1.807, 2.05) is 0 Å². The normalized spacial score (nSPS) is 17.2. The summed E-state index contributed by atoms with van der Waals surface area (Å²) in [5, 5.41) is 23.4. The zero-order chi connectivity index (χ0) is 17.9. The lowest BCUT2D eigenvalue weighted by Crippen LogP contribution is -2.28. The quantitative estimate of drug-likeness (QED) is 0.518. The van der Waals surface area contributed by atoms with Gasteiger partial charge in [-0.1, -0.05) is 12.1 Å². The van der Waals surface area contributed by atoms with E-state index >= 15 is 0 Å². The molecule has 7 heteroatoms. The summed E-state index contributed by atoms with van der Waals surface area (Å²) in [5.41, 5.74) is 2.55. The smallest absolute Gasteiger partial charge is 0.336 e. The van der Waals surface area contributed by atoms with Gasteiger partial charge in [0.05, 0.1) is 34.7 Å². The third-order valence-electron chi connectivity index (χ3n) is 3.81. The Morgan fingerprint density at radius 2 is 1.96 bits per heavy atom. The van der Waals surface area contributed by atoms with Crippen molar-refractivity contribution in [1.29, 1.82) is 5.26 Å². The lowest BCUT2D eigenvalue weighted by Gasteiger charge is -2.28. The van der Waals surface area contributed by atoms with Crippen LogP contribution in [0.1, 0.15) is 32.3 Å². The minimum Gasteiger partial charge on any atom is -0.463 e. The molecule has 0 amide bonds. The number of ether oxygens (including phenoxy) is 1. The zero-order valence-corrected chi connectivity index (χ0v) is 13.6. The average molecular weight is 327 g/mol. The number of non-ortho nitro benzene ring substituents is 1. The number of hydrogen-bond donors (Lipinski definition) is 1. The molecule has 0 radical (unpaired) electrons. The van der Waals surface area contributed by atoms with E-state index in [0.29, 0.717) is 28.1 Å². The number of nitrogens with one attached hydrogen (secondary N) is 1. The zero-order valence-electron chi connectivity index (χ0n) is 13.6. The van der Waals surface area contributed by atoms with Crippen molar-refractivity contribution in [2.75, 3.05) is 6.61 Å². The van der Waals surface area contributed by atoms with Gasteiger partial charge in [0.15, 0.2) is 0 Å². The molecule has 0 saturated carbocycles. The molecule has 1 heterocycles. The maximum absolute atomic E-state index is 12.4. The SMILES string of the molecule is CCOC(=O)C1=C(C)NC(C)=C(C#N)C1c1ccc([N+](=O)[O-])cc1. The Labute approximate surface area is 139 Å². The summed E-state index contributed by atoms with van der Waals surface area (Å²) in [6.45, 7) is 5.41. The van der Waals surface area contributed by atoms with E-state index in [2.05, 4.69) is 11.4 Å². The summed E-state index contributed by atoms with van der Waals surface area (Å²) in [6.07, 6.45) is 0. The van der Waals surface area contributed by atoms with Crippen LogP contribution in [0.15, 0.2) is 46.8 Å². The average Bonchev–Trinajstić information content (AvgIpc) is 2.54. The number of nitrogens with zero attached hydrogens (tertiary/aromatic N) is 2. The number of nitro groups is 1. The molecule has 0 aromatic heterocycles. The highest BCUT2D eigenvalue weighted by Gasteiger charge is 2.34. The molecule has 0 saturated heterocycles. The van der Waals surface area contributed by atoms with Crippen LogP contribution in [-0.2, 0) is 9.53 Å². The summed E-state index contributed by atoms with van der Waals surface area (Å²) in [5.74, 6) is -1.12. The van der Waals surface area contributed by atoms with Crippen LogP contribution in [0, 0.1) is 21.4 Å². The molecule has 1 N–H and O–H groups in total. The third kappa shape index (κ3) is 3.13. The molecule has 0 fully saturated rings. The monoisotopic (exact) mass is 327 g/mol. The van der Waals surface area contributed by atoms with Gasteiger partial charge in [-0.15, -0.1) is 0 Å². The number of rotatable bonds is 4. The van der Waals surface area contributed by atoms with E-state index in [0.717, 1.165) is 0 Å². The van der Waals surface area contributed by atoms with Gasteiger partial charge in [0.25, 0.3) is 5.69 Å². The van der Waals surface area contributed by atoms with Gasteiger partial charge in [-0.05, 0) is 26.3 Å². The van der Waals surface area contributed by atoms with Crippen molar-refractivity contribution in [1.82, 2.24) is 5.32 Å². The minimum absolute atomic E-state index is 0.0507. The Kier molecular flexibility index (Phi) is 4.99. The van der Waals surface area contributed by atoms with E-state index in [4.69, 9.17) is 4.74 Å². The van der Waals surface area contributed by atoms with Crippen LogP contribution in [0.2, 0.25) is 0 Å². The van der Waals surface area contributed by atoms with Crippen molar-refractivity contribution in [2.45, 2.75) is 26.7 Å². The van der Waals surface area contributed by atoms with Crippen molar-refractivity contribution in [3.05, 3.63) is 62.5 Å². The minimum atomic E-state index is -0.615.